The smallest absolute Gasteiger partial charge is 0.323 e. The van der Waals surface area contributed by atoms with Gasteiger partial charge in [0.2, 0.25) is 0 Å². The SMILES string of the molecule is CCCC(NCC(C)(C)OC)C(=O)OCC. The maximum Gasteiger partial charge on any atom is 0.323 e. The van der Waals surface area contributed by atoms with Crippen molar-refractivity contribution < 1.29 is 14.3 Å². The van der Waals surface area contributed by atoms with Crippen molar-refractivity contribution in [1.82, 2.24) is 5.32 Å². The summed E-state index contributed by atoms with van der Waals surface area (Å²) >= 11 is 0. The lowest BCUT2D eigenvalue weighted by molar-refractivity contribution is -0.146. The van der Waals surface area contributed by atoms with Crippen LogP contribution in [0.15, 0.2) is 0 Å². The van der Waals surface area contributed by atoms with E-state index < -0.39 is 0 Å². The van der Waals surface area contributed by atoms with Gasteiger partial charge in [0.05, 0.1) is 12.2 Å². The van der Waals surface area contributed by atoms with Crippen LogP contribution in [0.1, 0.15) is 40.5 Å². The highest BCUT2D eigenvalue weighted by atomic mass is 16.5. The number of methoxy groups -OCH3 is 1. The van der Waals surface area contributed by atoms with Gasteiger partial charge in [-0.2, -0.15) is 0 Å². The zero-order valence-electron chi connectivity index (χ0n) is 11.1. The molecule has 0 radical (unpaired) electrons. The fraction of sp³-hybridized carbons (Fsp3) is 0.917. The van der Waals surface area contributed by atoms with E-state index in [0.717, 1.165) is 12.8 Å². The molecule has 4 heteroatoms. The minimum absolute atomic E-state index is 0.170. The number of carbonyl (C=O) groups is 1. The van der Waals surface area contributed by atoms with Crippen LogP contribution in [0.4, 0.5) is 0 Å². The molecule has 0 aliphatic carbocycles. The first kappa shape index (κ1) is 15.4. The van der Waals surface area contributed by atoms with Gasteiger partial charge in [0, 0.05) is 13.7 Å². The van der Waals surface area contributed by atoms with E-state index in [1.165, 1.54) is 0 Å². The summed E-state index contributed by atoms with van der Waals surface area (Å²) in [4.78, 5) is 11.6. The first-order valence-electron chi connectivity index (χ1n) is 5.92. The Morgan fingerprint density at radius 3 is 2.44 bits per heavy atom. The Morgan fingerprint density at radius 1 is 1.38 bits per heavy atom. The van der Waals surface area contributed by atoms with Crippen LogP contribution in [-0.4, -0.2) is 37.9 Å². The third-order valence-corrected chi connectivity index (χ3v) is 2.48. The molecule has 1 atom stereocenters. The Labute approximate surface area is 98.7 Å². The van der Waals surface area contributed by atoms with Crippen molar-refractivity contribution in [1.29, 1.82) is 0 Å². The van der Waals surface area contributed by atoms with Crippen LogP contribution in [0.25, 0.3) is 0 Å². The van der Waals surface area contributed by atoms with Gasteiger partial charge >= 0.3 is 5.97 Å². The van der Waals surface area contributed by atoms with E-state index in [1.54, 1.807) is 7.11 Å². The van der Waals surface area contributed by atoms with Crippen LogP contribution in [0.5, 0.6) is 0 Å². The molecular weight excluding hydrogens is 206 g/mol. The molecule has 16 heavy (non-hydrogen) atoms. The van der Waals surface area contributed by atoms with Crippen LogP contribution < -0.4 is 5.32 Å². The lowest BCUT2D eigenvalue weighted by Crippen LogP contribution is -2.45. The second-order valence-corrected chi connectivity index (χ2v) is 4.44. The van der Waals surface area contributed by atoms with Crippen molar-refractivity contribution in [3.63, 3.8) is 0 Å². The van der Waals surface area contributed by atoms with E-state index in [9.17, 15) is 4.79 Å². The molecule has 1 unspecified atom stereocenters. The topological polar surface area (TPSA) is 47.6 Å². The summed E-state index contributed by atoms with van der Waals surface area (Å²) in [5.74, 6) is -0.170. The molecule has 0 saturated carbocycles. The van der Waals surface area contributed by atoms with Crippen molar-refractivity contribution in [3.05, 3.63) is 0 Å². The third kappa shape index (κ3) is 6.08. The fourth-order valence-corrected chi connectivity index (χ4v) is 1.28. The van der Waals surface area contributed by atoms with E-state index in [2.05, 4.69) is 12.2 Å². The van der Waals surface area contributed by atoms with Gasteiger partial charge in [0.1, 0.15) is 6.04 Å². The molecule has 0 aliphatic rings. The van der Waals surface area contributed by atoms with E-state index in [1.807, 2.05) is 20.8 Å². The average Bonchev–Trinajstić information content (AvgIpc) is 2.24. The summed E-state index contributed by atoms with van der Waals surface area (Å²) in [6.45, 7) is 8.89. The molecule has 0 rings (SSSR count). The van der Waals surface area contributed by atoms with Crippen molar-refractivity contribution in [2.24, 2.45) is 0 Å². The minimum Gasteiger partial charge on any atom is -0.465 e. The largest absolute Gasteiger partial charge is 0.465 e. The summed E-state index contributed by atoms with van der Waals surface area (Å²) in [7, 11) is 1.67. The van der Waals surface area contributed by atoms with Crippen molar-refractivity contribution in [2.45, 2.75) is 52.2 Å². The Kier molecular flexibility index (Phi) is 7.34. The summed E-state index contributed by atoms with van der Waals surface area (Å²) in [5.41, 5.74) is -0.265. The third-order valence-electron chi connectivity index (χ3n) is 2.48. The Bertz CT molecular complexity index is 204. The van der Waals surface area contributed by atoms with Crippen LogP contribution in [0.3, 0.4) is 0 Å². The standard InChI is InChI=1S/C12H25NO3/c1-6-8-10(11(14)16-7-2)13-9-12(3,4)15-5/h10,13H,6-9H2,1-5H3. The molecule has 0 amide bonds. The molecule has 0 fully saturated rings. The average molecular weight is 231 g/mol. The number of hydrogen-bond acceptors (Lipinski definition) is 4. The summed E-state index contributed by atoms with van der Waals surface area (Å²) in [6, 6.07) is -0.223. The fourth-order valence-electron chi connectivity index (χ4n) is 1.28. The Hall–Kier alpha value is -0.610. The Morgan fingerprint density at radius 2 is 2.00 bits per heavy atom. The Balaban J connectivity index is 4.17. The molecule has 96 valence electrons. The number of carbonyl (C=O) groups excluding carboxylic acids is 1. The van der Waals surface area contributed by atoms with E-state index in [4.69, 9.17) is 9.47 Å². The molecule has 0 heterocycles. The van der Waals surface area contributed by atoms with Crippen LogP contribution in [-0.2, 0) is 14.3 Å². The quantitative estimate of drug-likeness (QED) is 0.646. The van der Waals surface area contributed by atoms with Crippen LogP contribution in [0.2, 0.25) is 0 Å². The number of ether oxygens (including phenoxy) is 2. The van der Waals surface area contributed by atoms with Gasteiger partial charge in [-0.1, -0.05) is 13.3 Å². The zero-order valence-corrected chi connectivity index (χ0v) is 11.1. The van der Waals surface area contributed by atoms with Gasteiger partial charge in [-0.3, -0.25) is 4.79 Å². The summed E-state index contributed by atoms with van der Waals surface area (Å²) in [6.07, 6.45) is 1.74. The maximum absolute atomic E-state index is 11.6. The minimum atomic E-state index is -0.265. The highest BCUT2D eigenvalue weighted by Crippen LogP contribution is 2.07. The van der Waals surface area contributed by atoms with E-state index in [-0.39, 0.29) is 17.6 Å². The summed E-state index contributed by atoms with van der Waals surface area (Å²) in [5, 5.41) is 3.20. The lowest BCUT2D eigenvalue weighted by Gasteiger charge is -2.26. The van der Waals surface area contributed by atoms with Gasteiger partial charge in [-0.25, -0.2) is 0 Å². The molecule has 0 aromatic heterocycles. The molecular formula is C12H25NO3. The zero-order chi connectivity index (χ0) is 12.6. The lowest BCUT2D eigenvalue weighted by atomic mass is 10.1. The second kappa shape index (κ2) is 7.63. The highest BCUT2D eigenvalue weighted by Gasteiger charge is 2.23. The molecule has 0 bridgehead atoms. The number of esters is 1. The van der Waals surface area contributed by atoms with E-state index in [0.29, 0.717) is 13.2 Å². The number of rotatable bonds is 8. The highest BCUT2D eigenvalue weighted by molar-refractivity contribution is 5.75. The first-order valence-corrected chi connectivity index (χ1v) is 5.92. The molecule has 1 N–H and O–H groups in total. The molecule has 0 spiro atoms. The monoisotopic (exact) mass is 231 g/mol. The van der Waals surface area contributed by atoms with Gasteiger partial charge in [0.25, 0.3) is 0 Å². The van der Waals surface area contributed by atoms with Crippen molar-refractivity contribution in [2.75, 3.05) is 20.3 Å². The number of nitrogens with one attached hydrogen (secondary N) is 1. The van der Waals surface area contributed by atoms with Crippen LogP contribution >= 0.6 is 0 Å². The normalized spacial score (nSPS) is 13.6. The number of hydrogen-bond donors (Lipinski definition) is 1. The molecule has 0 saturated heterocycles. The van der Waals surface area contributed by atoms with Gasteiger partial charge in [0.15, 0.2) is 0 Å². The molecule has 0 aromatic rings. The maximum atomic E-state index is 11.6. The van der Waals surface area contributed by atoms with Crippen molar-refractivity contribution >= 4 is 5.97 Å². The first-order chi connectivity index (χ1) is 7.46. The predicted molar refractivity (Wildman–Crippen MR) is 64.4 cm³/mol. The van der Waals surface area contributed by atoms with Gasteiger partial charge in [-0.05, 0) is 27.2 Å². The molecule has 0 aliphatic heterocycles. The van der Waals surface area contributed by atoms with E-state index >= 15 is 0 Å². The van der Waals surface area contributed by atoms with Crippen molar-refractivity contribution in [3.8, 4) is 0 Å². The molecule has 4 nitrogen and oxygen atoms in total. The van der Waals surface area contributed by atoms with Crippen LogP contribution in [0, 0.1) is 0 Å². The summed E-state index contributed by atoms with van der Waals surface area (Å²) < 4.78 is 10.3. The second-order valence-electron chi connectivity index (χ2n) is 4.44. The van der Waals surface area contributed by atoms with Gasteiger partial charge < -0.3 is 14.8 Å². The van der Waals surface area contributed by atoms with Gasteiger partial charge in [-0.15, -0.1) is 0 Å². The predicted octanol–water partition coefficient (Wildman–Crippen LogP) is 1.73. The molecule has 0 aromatic carbocycles.